The average molecular weight is 346 g/mol. The normalized spacial score (nSPS) is 24.5. The van der Waals surface area contributed by atoms with E-state index in [1.54, 1.807) is 17.8 Å². The summed E-state index contributed by atoms with van der Waals surface area (Å²) in [5.41, 5.74) is 2.53. The molecule has 5 heteroatoms. The molecule has 1 saturated heterocycles. The number of piperidine rings is 1. The van der Waals surface area contributed by atoms with E-state index >= 15 is 0 Å². The van der Waals surface area contributed by atoms with E-state index in [1.807, 2.05) is 6.26 Å². The predicted molar refractivity (Wildman–Crippen MR) is 99.4 cm³/mol. The molecule has 1 aromatic carbocycles. The van der Waals surface area contributed by atoms with Crippen LogP contribution in [0.15, 0.2) is 36.9 Å². The van der Waals surface area contributed by atoms with Crippen LogP contribution in [0.25, 0.3) is 0 Å². The van der Waals surface area contributed by atoms with Gasteiger partial charge in [0.2, 0.25) is 5.91 Å². The Kier molecular flexibility index (Phi) is 5.64. The van der Waals surface area contributed by atoms with Crippen molar-refractivity contribution < 1.29 is 9.53 Å². The van der Waals surface area contributed by atoms with Crippen molar-refractivity contribution in [3.63, 3.8) is 0 Å². The van der Waals surface area contributed by atoms with Gasteiger partial charge in [0.15, 0.2) is 0 Å². The van der Waals surface area contributed by atoms with Gasteiger partial charge in [-0.15, -0.1) is 6.58 Å². The molecule has 1 heterocycles. The van der Waals surface area contributed by atoms with E-state index in [0.717, 1.165) is 25.9 Å². The van der Waals surface area contributed by atoms with Gasteiger partial charge in [-0.3, -0.25) is 4.79 Å². The Morgan fingerprint density at radius 3 is 2.92 bits per heavy atom. The highest BCUT2D eigenvalue weighted by Crippen LogP contribution is 2.51. The lowest BCUT2D eigenvalue weighted by molar-refractivity contribution is -0.121. The number of ether oxygens (including phenoxy) is 1. The highest BCUT2D eigenvalue weighted by molar-refractivity contribution is 7.99. The summed E-state index contributed by atoms with van der Waals surface area (Å²) < 4.78 is 6.25. The lowest BCUT2D eigenvalue weighted by Gasteiger charge is -2.41. The second kappa shape index (κ2) is 7.72. The van der Waals surface area contributed by atoms with Crippen LogP contribution in [-0.2, 0) is 14.9 Å². The number of hydrogen-bond donors (Lipinski definition) is 2. The van der Waals surface area contributed by atoms with Crippen LogP contribution < -0.4 is 10.6 Å². The van der Waals surface area contributed by atoms with Gasteiger partial charge in [0, 0.05) is 5.41 Å². The standard InChI is InChI=1S/C19H26N2O2S/c1-3-12-23-18-17(21-16(22)13-24-2)14-6-4-5-7-15(14)19(18)8-10-20-11-9-19/h3-7,17-18,20H,1,8-13H2,2H3,(H,21,22)/t17-,18+/m1/s1. The van der Waals surface area contributed by atoms with Crippen LogP contribution in [0.5, 0.6) is 0 Å². The highest BCUT2D eigenvalue weighted by atomic mass is 32.2. The van der Waals surface area contributed by atoms with Crippen LogP contribution in [0.2, 0.25) is 0 Å². The van der Waals surface area contributed by atoms with Crippen molar-refractivity contribution in [2.24, 2.45) is 0 Å². The molecule has 1 spiro atoms. The maximum atomic E-state index is 12.3. The fourth-order valence-corrected chi connectivity index (χ4v) is 4.56. The van der Waals surface area contributed by atoms with Crippen LogP contribution in [0.4, 0.5) is 0 Å². The van der Waals surface area contributed by atoms with Crippen LogP contribution in [0.3, 0.4) is 0 Å². The molecule has 1 amide bonds. The Morgan fingerprint density at radius 1 is 1.46 bits per heavy atom. The molecule has 0 radical (unpaired) electrons. The summed E-state index contributed by atoms with van der Waals surface area (Å²) in [5, 5.41) is 6.68. The largest absolute Gasteiger partial charge is 0.371 e. The smallest absolute Gasteiger partial charge is 0.230 e. The SMILES string of the molecule is C=CCO[C@H]1[C@H](NC(=O)CSC)c2ccccc2C12CCNCC2. The maximum absolute atomic E-state index is 12.3. The molecule has 1 fully saturated rings. The lowest BCUT2D eigenvalue weighted by Crippen LogP contribution is -2.50. The Labute approximate surface area is 148 Å². The number of carbonyl (C=O) groups is 1. The molecular weight excluding hydrogens is 320 g/mol. The van der Waals surface area contributed by atoms with E-state index < -0.39 is 0 Å². The van der Waals surface area contributed by atoms with Gasteiger partial charge >= 0.3 is 0 Å². The number of rotatable bonds is 6. The molecule has 130 valence electrons. The summed E-state index contributed by atoms with van der Waals surface area (Å²) in [5.74, 6) is 0.544. The monoisotopic (exact) mass is 346 g/mol. The van der Waals surface area contributed by atoms with Crippen molar-refractivity contribution in [1.29, 1.82) is 0 Å². The van der Waals surface area contributed by atoms with E-state index in [2.05, 4.69) is 41.5 Å². The first-order chi connectivity index (χ1) is 11.7. The molecule has 1 aromatic rings. The van der Waals surface area contributed by atoms with Crippen LogP contribution >= 0.6 is 11.8 Å². The second-order valence-corrected chi connectivity index (χ2v) is 7.38. The van der Waals surface area contributed by atoms with Gasteiger partial charge in [-0.05, 0) is 43.3 Å². The zero-order chi connectivity index (χ0) is 17.0. The summed E-state index contributed by atoms with van der Waals surface area (Å²) in [7, 11) is 0. The van der Waals surface area contributed by atoms with E-state index in [9.17, 15) is 4.79 Å². The third-order valence-electron chi connectivity index (χ3n) is 5.16. The molecule has 2 aliphatic rings. The maximum Gasteiger partial charge on any atom is 0.230 e. The Balaban J connectivity index is 1.98. The molecule has 0 saturated carbocycles. The molecule has 0 aromatic heterocycles. The summed E-state index contributed by atoms with van der Waals surface area (Å²) in [4.78, 5) is 12.3. The molecule has 1 aliphatic carbocycles. The molecular formula is C19H26N2O2S. The fraction of sp³-hybridized carbons (Fsp3) is 0.526. The van der Waals surface area contributed by atoms with E-state index in [-0.39, 0.29) is 23.5 Å². The minimum Gasteiger partial charge on any atom is -0.371 e. The molecule has 0 bridgehead atoms. The van der Waals surface area contributed by atoms with Crippen molar-refractivity contribution in [2.45, 2.75) is 30.4 Å². The molecule has 1 aliphatic heterocycles. The number of fused-ring (bicyclic) bond motifs is 2. The number of hydrogen-bond acceptors (Lipinski definition) is 4. The molecule has 2 atom stereocenters. The lowest BCUT2D eigenvalue weighted by atomic mass is 9.72. The summed E-state index contributed by atoms with van der Waals surface area (Å²) >= 11 is 1.54. The highest BCUT2D eigenvalue weighted by Gasteiger charge is 2.53. The van der Waals surface area contributed by atoms with E-state index in [0.29, 0.717) is 12.4 Å². The van der Waals surface area contributed by atoms with Crippen molar-refractivity contribution in [1.82, 2.24) is 10.6 Å². The number of carbonyl (C=O) groups excluding carboxylic acids is 1. The molecule has 24 heavy (non-hydrogen) atoms. The quantitative estimate of drug-likeness (QED) is 0.777. The average Bonchev–Trinajstić information content (AvgIpc) is 2.84. The first kappa shape index (κ1) is 17.5. The van der Waals surface area contributed by atoms with Crippen LogP contribution in [-0.4, -0.2) is 43.7 Å². The first-order valence-electron chi connectivity index (χ1n) is 8.54. The van der Waals surface area contributed by atoms with Gasteiger partial charge in [0.1, 0.15) is 0 Å². The Bertz CT molecular complexity index is 599. The Hall–Kier alpha value is -1.30. The summed E-state index contributed by atoms with van der Waals surface area (Å²) in [6, 6.07) is 8.42. The molecule has 2 N–H and O–H groups in total. The summed E-state index contributed by atoms with van der Waals surface area (Å²) in [6.07, 6.45) is 5.75. The third-order valence-corrected chi connectivity index (χ3v) is 5.71. The Morgan fingerprint density at radius 2 is 2.21 bits per heavy atom. The van der Waals surface area contributed by atoms with Gasteiger partial charge < -0.3 is 15.4 Å². The van der Waals surface area contributed by atoms with Crippen LogP contribution in [0, 0.1) is 0 Å². The first-order valence-corrected chi connectivity index (χ1v) is 9.93. The number of thioether (sulfide) groups is 1. The summed E-state index contributed by atoms with van der Waals surface area (Å²) in [6.45, 7) is 6.25. The predicted octanol–water partition coefficient (Wildman–Crippen LogP) is 2.41. The van der Waals surface area contributed by atoms with Crippen molar-refractivity contribution >= 4 is 17.7 Å². The van der Waals surface area contributed by atoms with Gasteiger partial charge in [-0.2, -0.15) is 11.8 Å². The number of nitrogens with one attached hydrogen (secondary N) is 2. The number of benzene rings is 1. The zero-order valence-corrected chi connectivity index (χ0v) is 15.0. The van der Waals surface area contributed by atoms with E-state index in [4.69, 9.17) is 4.74 Å². The molecule has 3 rings (SSSR count). The molecule has 0 unspecified atom stereocenters. The fourth-order valence-electron chi connectivity index (χ4n) is 4.21. The minimum absolute atomic E-state index is 0.0256. The molecule has 4 nitrogen and oxygen atoms in total. The second-order valence-electron chi connectivity index (χ2n) is 6.51. The van der Waals surface area contributed by atoms with Crippen molar-refractivity contribution in [3.8, 4) is 0 Å². The topological polar surface area (TPSA) is 50.4 Å². The van der Waals surface area contributed by atoms with Gasteiger partial charge in [-0.25, -0.2) is 0 Å². The van der Waals surface area contributed by atoms with E-state index in [1.165, 1.54) is 11.1 Å². The number of amides is 1. The van der Waals surface area contributed by atoms with Gasteiger partial charge in [0.25, 0.3) is 0 Å². The third kappa shape index (κ3) is 3.13. The minimum atomic E-state index is -0.0844. The van der Waals surface area contributed by atoms with Gasteiger partial charge in [-0.1, -0.05) is 30.3 Å². The van der Waals surface area contributed by atoms with Gasteiger partial charge in [0.05, 0.1) is 24.5 Å². The van der Waals surface area contributed by atoms with Crippen molar-refractivity contribution in [2.75, 3.05) is 31.7 Å². The van der Waals surface area contributed by atoms with Crippen molar-refractivity contribution in [3.05, 3.63) is 48.0 Å². The van der Waals surface area contributed by atoms with Crippen LogP contribution in [0.1, 0.15) is 30.0 Å². The zero-order valence-electron chi connectivity index (χ0n) is 14.2.